The van der Waals surface area contributed by atoms with Crippen LogP contribution in [0, 0.1) is 0 Å². The van der Waals surface area contributed by atoms with E-state index in [0.717, 1.165) is 17.4 Å². The van der Waals surface area contributed by atoms with Gasteiger partial charge in [0.2, 0.25) is 0 Å². The summed E-state index contributed by atoms with van der Waals surface area (Å²) in [6.07, 6.45) is 4.32. The van der Waals surface area contributed by atoms with E-state index in [2.05, 4.69) is 5.10 Å². The van der Waals surface area contributed by atoms with Gasteiger partial charge in [-0.1, -0.05) is 12.1 Å². The minimum absolute atomic E-state index is 0.243. The van der Waals surface area contributed by atoms with Crippen molar-refractivity contribution in [2.24, 2.45) is 0 Å². The zero-order chi connectivity index (χ0) is 14.9. The van der Waals surface area contributed by atoms with Crippen LogP contribution in [0.5, 0.6) is 0 Å². The van der Waals surface area contributed by atoms with E-state index in [-0.39, 0.29) is 4.90 Å². The summed E-state index contributed by atoms with van der Waals surface area (Å²) in [5, 5.41) is 12.9. The van der Waals surface area contributed by atoms with Crippen LogP contribution in [0.2, 0.25) is 0 Å². The number of sulfone groups is 1. The first kappa shape index (κ1) is 14.3. The van der Waals surface area contributed by atoms with Gasteiger partial charge in [0.25, 0.3) is 0 Å². The van der Waals surface area contributed by atoms with Crippen molar-refractivity contribution in [2.45, 2.75) is 17.9 Å². The molecular formula is C13H14N2O4S. The van der Waals surface area contributed by atoms with Crippen molar-refractivity contribution in [3.63, 3.8) is 0 Å². The minimum atomic E-state index is -3.22. The van der Waals surface area contributed by atoms with Crippen LogP contribution in [-0.2, 0) is 14.6 Å². The van der Waals surface area contributed by atoms with Gasteiger partial charge in [0.15, 0.2) is 9.84 Å². The average molecular weight is 294 g/mol. The van der Waals surface area contributed by atoms with E-state index in [9.17, 15) is 13.2 Å². The van der Waals surface area contributed by atoms with Crippen molar-refractivity contribution in [2.75, 3.05) is 6.26 Å². The Kier molecular flexibility index (Phi) is 3.63. The molecule has 1 heterocycles. The predicted molar refractivity (Wildman–Crippen MR) is 73.1 cm³/mol. The van der Waals surface area contributed by atoms with Gasteiger partial charge in [-0.2, -0.15) is 5.10 Å². The van der Waals surface area contributed by atoms with Crippen molar-refractivity contribution in [1.82, 2.24) is 9.78 Å². The fourth-order valence-corrected chi connectivity index (χ4v) is 2.34. The Labute approximate surface area is 116 Å². The number of hydrogen-bond donors (Lipinski definition) is 1. The monoisotopic (exact) mass is 294 g/mol. The molecule has 0 aliphatic heterocycles. The lowest BCUT2D eigenvalue weighted by Crippen LogP contribution is -2.15. The van der Waals surface area contributed by atoms with Crippen LogP contribution in [-0.4, -0.2) is 35.5 Å². The SMILES string of the molecule is C[C@H](C(=O)O)n1cc(-c2ccc(S(C)(=O)=O)cc2)cn1. The van der Waals surface area contributed by atoms with E-state index >= 15 is 0 Å². The number of aliphatic carboxylic acids is 1. The zero-order valence-electron chi connectivity index (χ0n) is 11.0. The van der Waals surface area contributed by atoms with Gasteiger partial charge in [-0.15, -0.1) is 0 Å². The smallest absolute Gasteiger partial charge is 0.328 e. The van der Waals surface area contributed by atoms with Crippen LogP contribution in [0.25, 0.3) is 11.1 Å². The summed E-state index contributed by atoms with van der Waals surface area (Å²) in [5.74, 6) is -0.966. The molecule has 1 aromatic heterocycles. The Bertz CT molecular complexity index is 732. The van der Waals surface area contributed by atoms with Crippen molar-refractivity contribution in [3.8, 4) is 11.1 Å². The molecule has 0 bridgehead atoms. The van der Waals surface area contributed by atoms with Crippen molar-refractivity contribution in [1.29, 1.82) is 0 Å². The molecule has 2 rings (SSSR count). The first-order chi connectivity index (χ1) is 9.29. The molecule has 0 radical (unpaired) electrons. The standard InChI is InChI=1S/C13H14N2O4S/c1-9(13(16)17)15-8-11(7-14-15)10-3-5-12(6-4-10)20(2,18)19/h3-9H,1-2H3,(H,16,17)/t9-/m1/s1. The molecule has 106 valence electrons. The molecule has 20 heavy (non-hydrogen) atoms. The first-order valence-electron chi connectivity index (χ1n) is 5.86. The van der Waals surface area contributed by atoms with Crippen LogP contribution in [0.4, 0.5) is 0 Å². The molecule has 0 saturated heterocycles. The summed E-state index contributed by atoms with van der Waals surface area (Å²) >= 11 is 0. The van der Waals surface area contributed by atoms with E-state index in [1.165, 1.54) is 23.7 Å². The molecule has 0 spiro atoms. The van der Waals surface area contributed by atoms with Gasteiger partial charge in [-0.3, -0.25) is 4.68 Å². The number of carbonyl (C=O) groups is 1. The van der Waals surface area contributed by atoms with Crippen LogP contribution in [0.3, 0.4) is 0 Å². The quantitative estimate of drug-likeness (QED) is 0.925. The summed E-state index contributed by atoms with van der Waals surface area (Å²) in [4.78, 5) is 11.1. The van der Waals surface area contributed by atoms with E-state index in [1.807, 2.05) is 0 Å². The van der Waals surface area contributed by atoms with Crippen molar-refractivity contribution >= 4 is 15.8 Å². The topological polar surface area (TPSA) is 89.3 Å². The number of benzene rings is 1. The largest absolute Gasteiger partial charge is 0.480 e. The fourth-order valence-electron chi connectivity index (χ4n) is 1.71. The number of nitrogens with zero attached hydrogens (tertiary/aromatic N) is 2. The third kappa shape index (κ3) is 2.88. The van der Waals surface area contributed by atoms with E-state index in [1.54, 1.807) is 24.5 Å². The highest BCUT2D eigenvalue weighted by atomic mass is 32.2. The predicted octanol–water partition coefficient (Wildman–Crippen LogP) is 1.60. The number of carboxylic acids is 1. The molecule has 0 saturated carbocycles. The summed E-state index contributed by atoms with van der Waals surface area (Å²) in [5.41, 5.74) is 1.51. The summed E-state index contributed by atoms with van der Waals surface area (Å²) < 4.78 is 24.1. The van der Waals surface area contributed by atoms with E-state index in [4.69, 9.17) is 5.11 Å². The molecule has 1 aromatic carbocycles. The van der Waals surface area contributed by atoms with Crippen LogP contribution in [0.15, 0.2) is 41.6 Å². The zero-order valence-corrected chi connectivity index (χ0v) is 11.8. The van der Waals surface area contributed by atoms with Gasteiger partial charge < -0.3 is 5.11 Å². The third-order valence-corrected chi connectivity index (χ3v) is 4.10. The maximum absolute atomic E-state index is 11.4. The lowest BCUT2D eigenvalue weighted by atomic mass is 10.1. The fraction of sp³-hybridized carbons (Fsp3) is 0.231. The Morgan fingerprint density at radius 1 is 1.25 bits per heavy atom. The van der Waals surface area contributed by atoms with Crippen LogP contribution in [0.1, 0.15) is 13.0 Å². The summed E-state index contributed by atoms with van der Waals surface area (Å²) in [6, 6.07) is 5.62. The summed E-state index contributed by atoms with van der Waals surface area (Å²) in [6.45, 7) is 1.53. The second-order valence-electron chi connectivity index (χ2n) is 4.52. The lowest BCUT2D eigenvalue weighted by Gasteiger charge is -2.05. The average Bonchev–Trinajstić information content (AvgIpc) is 2.86. The number of hydrogen-bond acceptors (Lipinski definition) is 4. The number of carboxylic acid groups (broad SMARTS) is 1. The number of rotatable bonds is 4. The third-order valence-electron chi connectivity index (χ3n) is 2.97. The maximum Gasteiger partial charge on any atom is 0.328 e. The highest BCUT2D eigenvalue weighted by Gasteiger charge is 2.15. The van der Waals surface area contributed by atoms with E-state index in [0.29, 0.717) is 0 Å². The Morgan fingerprint density at radius 2 is 1.85 bits per heavy atom. The van der Waals surface area contributed by atoms with Gasteiger partial charge in [-0.05, 0) is 24.6 Å². The van der Waals surface area contributed by atoms with Gasteiger partial charge in [-0.25, -0.2) is 13.2 Å². The Hall–Kier alpha value is -2.15. The Morgan fingerprint density at radius 3 is 2.35 bits per heavy atom. The van der Waals surface area contributed by atoms with Gasteiger partial charge in [0.1, 0.15) is 6.04 Å². The molecule has 0 unspecified atom stereocenters. The lowest BCUT2D eigenvalue weighted by molar-refractivity contribution is -0.140. The normalized spacial score (nSPS) is 13.1. The van der Waals surface area contributed by atoms with Gasteiger partial charge >= 0.3 is 5.97 Å². The maximum atomic E-state index is 11.4. The highest BCUT2D eigenvalue weighted by molar-refractivity contribution is 7.90. The second kappa shape index (κ2) is 5.09. The molecule has 7 heteroatoms. The first-order valence-corrected chi connectivity index (χ1v) is 7.75. The van der Waals surface area contributed by atoms with Crippen LogP contribution >= 0.6 is 0 Å². The molecule has 1 atom stereocenters. The molecule has 1 N–H and O–H groups in total. The molecule has 2 aromatic rings. The van der Waals surface area contributed by atoms with Gasteiger partial charge in [0.05, 0.1) is 11.1 Å². The summed E-state index contributed by atoms with van der Waals surface area (Å²) in [7, 11) is -3.22. The molecule has 0 aliphatic carbocycles. The molecule has 0 fully saturated rings. The Balaban J connectivity index is 2.31. The van der Waals surface area contributed by atoms with Crippen molar-refractivity contribution < 1.29 is 18.3 Å². The molecule has 0 aliphatic rings. The molecule has 6 nitrogen and oxygen atoms in total. The molecular weight excluding hydrogens is 280 g/mol. The van der Waals surface area contributed by atoms with Crippen LogP contribution < -0.4 is 0 Å². The minimum Gasteiger partial charge on any atom is -0.480 e. The number of aromatic nitrogens is 2. The van der Waals surface area contributed by atoms with E-state index < -0.39 is 21.8 Å². The van der Waals surface area contributed by atoms with Crippen molar-refractivity contribution in [3.05, 3.63) is 36.7 Å². The molecule has 0 amide bonds. The second-order valence-corrected chi connectivity index (χ2v) is 6.54. The van der Waals surface area contributed by atoms with Gasteiger partial charge in [0, 0.05) is 18.0 Å². The highest BCUT2D eigenvalue weighted by Crippen LogP contribution is 2.22.